The number of piperazine rings is 1. The van der Waals surface area contributed by atoms with E-state index in [1.54, 1.807) is 22.4 Å². The van der Waals surface area contributed by atoms with E-state index >= 15 is 0 Å². The second kappa shape index (κ2) is 7.95. The molecule has 134 valence electrons. The highest BCUT2D eigenvalue weighted by Gasteiger charge is 2.35. The molecule has 1 saturated heterocycles. The lowest BCUT2D eigenvalue weighted by Crippen LogP contribution is -2.52. The van der Waals surface area contributed by atoms with Crippen LogP contribution in [-0.4, -0.2) is 62.3 Å². The van der Waals surface area contributed by atoms with Crippen molar-refractivity contribution in [3.63, 3.8) is 0 Å². The largest absolute Gasteiger partial charge is 0.339 e. The molecule has 0 radical (unpaired) electrons. The van der Waals surface area contributed by atoms with Crippen molar-refractivity contribution in [2.24, 2.45) is 0 Å². The number of hydrogen-bond donors (Lipinski definition) is 1. The Morgan fingerprint density at radius 2 is 1.96 bits per heavy atom. The molecule has 1 aliphatic carbocycles. The Hall–Kier alpha value is -0.960. The van der Waals surface area contributed by atoms with Crippen LogP contribution in [0.1, 0.15) is 32.1 Å². The summed E-state index contributed by atoms with van der Waals surface area (Å²) in [6, 6.07) is 3.32. The lowest BCUT2D eigenvalue weighted by molar-refractivity contribution is -0.132. The minimum atomic E-state index is -3.60. The molecule has 2 fully saturated rings. The van der Waals surface area contributed by atoms with Crippen molar-refractivity contribution in [2.45, 2.75) is 42.4 Å². The van der Waals surface area contributed by atoms with Gasteiger partial charge >= 0.3 is 0 Å². The van der Waals surface area contributed by atoms with E-state index in [-0.39, 0.29) is 18.5 Å². The lowest BCUT2D eigenvalue weighted by atomic mass is 9.95. The number of nitrogens with zero attached hydrogens (tertiary/aromatic N) is 2. The lowest BCUT2D eigenvalue weighted by Gasteiger charge is -2.35. The molecule has 3 rings (SSSR count). The fraction of sp³-hybridized carbons (Fsp3) is 0.688. The van der Waals surface area contributed by atoms with Crippen molar-refractivity contribution < 1.29 is 13.2 Å². The summed E-state index contributed by atoms with van der Waals surface area (Å²) in [7, 11) is -3.60. The van der Waals surface area contributed by atoms with Crippen LogP contribution in [0.5, 0.6) is 0 Å². The van der Waals surface area contributed by atoms with Gasteiger partial charge in [0.2, 0.25) is 5.91 Å². The number of sulfonamides is 1. The third-order valence-electron chi connectivity index (χ3n) is 4.80. The first kappa shape index (κ1) is 17.8. The summed E-state index contributed by atoms with van der Waals surface area (Å²) in [4.78, 5) is 14.4. The van der Waals surface area contributed by atoms with E-state index in [1.165, 1.54) is 15.6 Å². The molecule has 1 aliphatic heterocycles. The van der Waals surface area contributed by atoms with Crippen LogP contribution in [0, 0.1) is 0 Å². The Morgan fingerprint density at radius 3 is 2.58 bits per heavy atom. The molecule has 2 heterocycles. The second-order valence-corrected chi connectivity index (χ2v) is 9.47. The van der Waals surface area contributed by atoms with Crippen LogP contribution in [0.4, 0.5) is 0 Å². The summed E-state index contributed by atoms with van der Waals surface area (Å²) in [5.41, 5.74) is 0. The van der Waals surface area contributed by atoms with Gasteiger partial charge in [-0.1, -0.05) is 25.3 Å². The van der Waals surface area contributed by atoms with Crippen molar-refractivity contribution in [3.05, 3.63) is 17.5 Å². The number of carbonyl (C=O) groups excluding carboxylic acids is 1. The Kier molecular flexibility index (Phi) is 5.91. The summed E-state index contributed by atoms with van der Waals surface area (Å²) in [5.74, 6) is -0.0813. The van der Waals surface area contributed by atoms with E-state index in [9.17, 15) is 13.2 Å². The predicted molar refractivity (Wildman–Crippen MR) is 94.5 cm³/mol. The van der Waals surface area contributed by atoms with Gasteiger partial charge in [-0.15, -0.1) is 11.3 Å². The average Bonchev–Trinajstić information content (AvgIpc) is 3.16. The molecule has 1 aromatic rings. The molecule has 6 nitrogen and oxygen atoms in total. The Bertz CT molecular complexity index is 634. The van der Waals surface area contributed by atoms with Crippen LogP contribution in [0.15, 0.2) is 21.7 Å². The van der Waals surface area contributed by atoms with E-state index < -0.39 is 10.0 Å². The van der Waals surface area contributed by atoms with Crippen molar-refractivity contribution in [2.75, 3.05) is 32.7 Å². The predicted octanol–water partition coefficient (Wildman–Crippen LogP) is 1.50. The molecule has 0 bridgehead atoms. The van der Waals surface area contributed by atoms with Crippen molar-refractivity contribution in [1.82, 2.24) is 14.5 Å². The van der Waals surface area contributed by atoms with Crippen molar-refractivity contribution in [1.29, 1.82) is 0 Å². The number of carbonyl (C=O) groups is 1. The van der Waals surface area contributed by atoms with Gasteiger partial charge in [0.25, 0.3) is 10.0 Å². The maximum atomic E-state index is 13.1. The van der Waals surface area contributed by atoms with Gasteiger partial charge in [-0.05, 0) is 24.3 Å². The molecule has 1 N–H and O–H groups in total. The molecule has 0 unspecified atom stereocenters. The molecule has 2 aliphatic rings. The molecule has 1 saturated carbocycles. The van der Waals surface area contributed by atoms with Crippen LogP contribution in [0.3, 0.4) is 0 Å². The minimum Gasteiger partial charge on any atom is -0.339 e. The highest BCUT2D eigenvalue weighted by atomic mass is 32.2. The second-order valence-electron chi connectivity index (χ2n) is 6.40. The zero-order chi connectivity index (χ0) is 17.0. The minimum absolute atomic E-state index is 0.0368. The molecule has 0 aromatic carbocycles. The topological polar surface area (TPSA) is 69.7 Å². The van der Waals surface area contributed by atoms with E-state index in [4.69, 9.17) is 0 Å². The fourth-order valence-electron chi connectivity index (χ4n) is 3.45. The van der Waals surface area contributed by atoms with Crippen LogP contribution in [0.25, 0.3) is 0 Å². The summed E-state index contributed by atoms with van der Waals surface area (Å²) < 4.78 is 27.9. The van der Waals surface area contributed by atoms with Gasteiger partial charge in [0.05, 0.1) is 6.54 Å². The van der Waals surface area contributed by atoms with Gasteiger partial charge in [0.1, 0.15) is 4.21 Å². The Balaban J connectivity index is 1.80. The zero-order valence-electron chi connectivity index (χ0n) is 13.8. The van der Waals surface area contributed by atoms with E-state index in [0.717, 1.165) is 45.2 Å². The quantitative estimate of drug-likeness (QED) is 0.852. The van der Waals surface area contributed by atoms with E-state index in [2.05, 4.69) is 5.32 Å². The normalized spacial score (nSPS) is 20.5. The van der Waals surface area contributed by atoms with Crippen molar-refractivity contribution in [3.8, 4) is 0 Å². The van der Waals surface area contributed by atoms with Crippen LogP contribution in [-0.2, 0) is 14.8 Å². The fourth-order valence-corrected chi connectivity index (χ4v) is 6.21. The van der Waals surface area contributed by atoms with Crippen LogP contribution >= 0.6 is 11.3 Å². The number of nitrogens with one attached hydrogen (secondary N) is 1. The number of hydrogen-bond acceptors (Lipinski definition) is 5. The molecule has 1 aromatic heterocycles. The smallest absolute Gasteiger partial charge is 0.253 e. The summed E-state index contributed by atoms with van der Waals surface area (Å²) in [6.07, 6.45) is 4.90. The molecule has 0 atom stereocenters. The maximum Gasteiger partial charge on any atom is 0.253 e. The van der Waals surface area contributed by atoms with Crippen LogP contribution in [0.2, 0.25) is 0 Å². The van der Waals surface area contributed by atoms with E-state index in [1.807, 2.05) is 0 Å². The molecule has 24 heavy (non-hydrogen) atoms. The molecular weight excluding hydrogens is 346 g/mol. The first-order chi connectivity index (χ1) is 11.6. The van der Waals surface area contributed by atoms with Crippen molar-refractivity contribution >= 4 is 27.3 Å². The van der Waals surface area contributed by atoms with Gasteiger partial charge in [-0.25, -0.2) is 8.42 Å². The van der Waals surface area contributed by atoms with Gasteiger partial charge in [-0.3, -0.25) is 4.79 Å². The third kappa shape index (κ3) is 3.99. The molecule has 1 amide bonds. The summed E-state index contributed by atoms with van der Waals surface area (Å²) in [6.45, 7) is 2.80. The summed E-state index contributed by atoms with van der Waals surface area (Å²) in [5, 5.41) is 4.98. The molecule has 8 heteroatoms. The van der Waals surface area contributed by atoms with E-state index in [0.29, 0.717) is 17.3 Å². The number of amides is 1. The van der Waals surface area contributed by atoms with Gasteiger partial charge in [0.15, 0.2) is 0 Å². The average molecular weight is 372 g/mol. The third-order valence-corrected chi connectivity index (χ3v) is 8.07. The molecular formula is C16H25N3O3S2. The number of thiophene rings is 1. The molecule has 0 spiro atoms. The maximum absolute atomic E-state index is 13.1. The van der Waals surface area contributed by atoms with Crippen LogP contribution < -0.4 is 5.32 Å². The number of rotatable bonds is 5. The van der Waals surface area contributed by atoms with Gasteiger partial charge in [0, 0.05) is 32.2 Å². The highest BCUT2D eigenvalue weighted by molar-refractivity contribution is 7.91. The Labute approximate surface area is 147 Å². The highest BCUT2D eigenvalue weighted by Crippen LogP contribution is 2.29. The first-order valence-corrected chi connectivity index (χ1v) is 10.9. The van der Waals surface area contributed by atoms with Gasteiger partial charge < -0.3 is 10.2 Å². The van der Waals surface area contributed by atoms with Gasteiger partial charge in [-0.2, -0.15) is 4.31 Å². The summed E-state index contributed by atoms with van der Waals surface area (Å²) >= 11 is 1.22. The first-order valence-electron chi connectivity index (χ1n) is 8.63. The standard InChI is InChI=1S/C16H25N3O3S2/c20-15(18-10-8-17-9-11-18)13-19(14-5-2-1-3-6-14)24(21,22)16-7-4-12-23-16/h4,7,12,14,17H,1-3,5-6,8-11,13H2. The monoisotopic (exact) mass is 371 g/mol. The zero-order valence-corrected chi connectivity index (χ0v) is 15.4. The Morgan fingerprint density at radius 1 is 1.25 bits per heavy atom. The SMILES string of the molecule is O=C(CN(C1CCCCC1)S(=O)(=O)c1cccs1)N1CCNCC1.